The van der Waals surface area contributed by atoms with Gasteiger partial charge < -0.3 is 8.94 Å². The molecule has 13 heteroatoms. The second-order valence-corrected chi connectivity index (χ2v) is 12.3. The van der Waals surface area contributed by atoms with Crippen molar-refractivity contribution in [2.45, 2.75) is 10.1 Å². The van der Waals surface area contributed by atoms with Crippen LogP contribution in [0.15, 0.2) is 90.4 Å². The number of rotatable bonds is 6. The van der Waals surface area contributed by atoms with Gasteiger partial charge >= 0.3 is 0 Å². The molecule has 6 aromatic rings. The van der Waals surface area contributed by atoms with Crippen molar-refractivity contribution in [3.63, 3.8) is 0 Å². The summed E-state index contributed by atoms with van der Waals surface area (Å²) in [5.41, 5.74) is 3.37. The SMILES string of the molecule is c1coc(C2=C(c3ccsn3)C(c3csnn3)=C(c3nccs3)S2(c2ccon2)c2ccn[nH]2)c1. The Labute approximate surface area is 211 Å². The molecule has 1 N–H and O–H groups in total. The standard InChI is InChI=1S/C22H13N7O2S4/c1-2-15(30-8-1)20-18(13-5-10-33-28-13)19(14-12-34-29-25-14)21(22-23-7-11-32-22)35(20,16-3-6-24-26-16)17-4-9-31-27-17/h1-12H,(H,24,26). The lowest BCUT2D eigenvalue weighted by Gasteiger charge is -2.36. The molecule has 0 aromatic carbocycles. The maximum atomic E-state index is 6.10. The van der Waals surface area contributed by atoms with Crippen molar-refractivity contribution in [3.8, 4) is 0 Å². The summed E-state index contributed by atoms with van der Waals surface area (Å²) in [6.45, 7) is 0. The Morgan fingerprint density at radius 3 is 2.54 bits per heavy atom. The summed E-state index contributed by atoms with van der Waals surface area (Å²) in [7, 11) is -2.32. The largest absolute Gasteiger partial charge is 0.464 e. The van der Waals surface area contributed by atoms with Crippen LogP contribution in [0.5, 0.6) is 0 Å². The fraction of sp³-hybridized carbons (Fsp3) is 0. The second-order valence-electron chi connectivity index (χ2n) is 7.27. The van der Waals surface area contributed by atoms with E-state index in [0.717, 1.165) is 47.4 Å². The summed E-state index contributed by atoms with van der Waals surface area (Å²) in [5.74, 6) is 0.702. The average Bonchev–Trinajstić information content (AvgIpc) is 3.71. The molecule has 172 valence electrons. The van der Waals surface area contributed by atoms with Crippen LogP contribution in [-0.4, -0.2) is 34.3 Å². The zero-order valence-electron chi connectivity index (χ0n) is 17.6. The van der Waals surface area contributed by atoms with Gasteiger partial charge in [-0.2, -0.15) is 9.47 Å². The Hall–Kier alpha value is -3.65. The minimum Gasteiger partial charge on any atom is -0.464 e. The fourth-order valence-electron chi connectivity index (χ4n) is 4.31. The van der Waals surface area contributed by atoms with Crippen LogP contribution >= 0.6 is 44.4 Å². The monoisotopic (exact) mass is 535 g/mol. The van der Waals surface area contributed by atoms with E-state index in [2.05, 4.69) is 24.9 Å². The molecule has 1 aliphatic rings. The van der Waals surface area contributed by atoms with E-state index < -0.39 is 10.0 Å². The number of H-pyrrole nitrogens is 1. The number of thiazole rings is 1. The van der Waals surface area contributed by atoms with Crippen LogP contribution < -0.4 is 0 Å². The van der Waals surface area contributed by atoms with Gasteiger partial charge in [-0.3, -0.25) is 5.10 Å². The van der Waals surface area contributed by atoms with Crippen molar-refractivity contribution < 1.29 is 8.94 Å². The molecule has 0 fully saturated rings. The first-order valence-electron chi connectivity index (χ1n) is 10.2. The van der Waals surface area contributed by atoms with E-state index in [1.54, 1.807) is 36.3 Å². The molecule has 0 amide bonds. The Morgan fingerprint density at radius 2 is 1.89 bits per heavy atom. The van der Waals surface area contributed by atoms with Crippen LogP contribution in [-0.2, 0) is 0 Å². The summed E-state index contributed by atoms with van der Waals surface area (Å²) in [5, 5.41) is 24.9. The Kier molecular flexibility index (Phi) is 4.87. The lowest BCUT2D eigenvalue weighted by Crippen LogP contribution is -2.06. The van der Waals surface area contributed by atoms with Crippen LogP contribution in [0, 0.1) is 0 Å². The first-order chi connectivity index (χ1) is 17.4. The molecule has 35 heavy (non-hydrogen) atoms. The van der Waals surface area contributed by atoms with Crippen molar-refractivity contribution >= 4 is 65.4 Å². The van der Waals surface area contributed by atoms with Crippen LogP contribution in [0.3, 0.4) is 0 Å². The van der Waals surface area contributed by atoms with E-state index in [4.69, 9.17) is 18.3 Å². The van der Waals surface area contributed by atoms with Gasteiger partial charge in [-0.15, -0.1) is 16.4 Å². The lowest BCUT2D eigenvalue weighted by atomic mass is 9.99. The van der Waals surface area contributed by atoms with Crippen LogP contribution in [0.2, 0.25) is 0 Å². The fourth-order valence-corrected chi connectivity index (χ4v) is 10.3. The number of nitrogens with one attached hydrogen (secondary N) is 1. The molecule has 0 saturated carbocycles. The predicted molar refractivity (Wildman–Crippen MR) is 136 cm³/mol. The third-order valence-electron chi connectivity index (χ3n) is 5.53. The molecule has 0 bridgehead atoms. The van der Waals surface area contributed by atoms with Crippen molar-refractivity contribution in [1.29, 1.82) is 0 Å². The van der Waals surface area contributed by atoms with Gasteiger partial charge in [0.15, 0.2) is 0 Å². The highest BCUT2D eigenvalue weighted by Gasteiger charge is 2.52. The lowest BCUT2D eigenvalue weighted by molar-refractivity contribution is 0.403. The number of nitrogens with zero attached hydrogens (tertiary/aromatic N) is 6. The highest BCUT2D eigenvalue weighted by atomic mass is 32.3. The molecule has 0 radical (unpaired) electrons. The molecule has 9 nitrogen and oxygen atoms in total. The van der Waals surface area contributed by atoms with Crippen molar-refractivity contribution in [2.75, 3.05) is 0 Å². The summed E-state index contributed by atoms with van der Waals surface area (Å²) in [6.07, 6.45) is 6.81. The quantitative estimate of drug-likeness (QED) is 0.271. The Morgan fingerprint density at radius 1 is 0.914 bits per heavy atom. The zero-order valence-corrected chi connectivity index (χ0v) is 20.8. The van der Waals surface area contributed by atoms with E-state index >= 15 is 0 Å². The molecule has 7 heterocycles. The molecule has 6 aromatic heterocycles. The van der Waals surface area contributed by atoms with Gasteiger partial charge in [-0.1, -0.05) is 19.7 Å². The van der Waals surface area contributed by atoms with E-state index in [-0.39, 0.29) is 0 Å². The number of hydrogen-bond acceptors (Lipinski definition) is 11. The molecule has 7 rings (SSSR count). The van der Waals surface area contributed by atoms with Gasteiger partial charge in [-0.25, -0.2) is 4.98 Å². The van der Waals surface area contributed by atoms with E-state index in [1.807, 2.05) is 46.5 Å². The van der Waals surface area contributed by atoms with E-state index in [0.29, 0.717) is 5.76 Å². The van der Waals surface area contributed by atoms with E-state index in [1.165, 1.54) is 23.1 Å². The minimum absolute atomic E-state index is 0.702. The molecular formula is C22H13N7O2S4. The second kappa shape index (κ2) is 8.23. The molecule has 0 aliphatic carbocycles. The smallest absolute Gasteiger partial charge is 0.140 e. The van der Waals surface area contributed by atoms with Gasteiger partial charge in [-0.05, 0) is 47.3 Å². The predicted octanol–water partition coefficient (Wildman–Crippen LogP) is 6.13. The first-order valence-corrected chi connectivity index (χ1v) is 14.4. The zero-order chi connectivity index (χ0) is 23.2. The average molecular weight is 536 g/mol. The highest BCUT2D eigenvalue weighted by molar-refractivity contribution is 8.48. The van der Waals surface area contributed by atoms with Gasteiger partial charge in [0.2, 0.25) is 0 Å². The maximum Gasteiger partial charge on any atom is 0.140 e. The number of allylic oxidation sites excluding steroid dienone is 2. The van der Waals surface area contributed by atoms with Gasteiger partial charge in [0, 0.05) is 45.7 Å². The van der Waals surface area contributed by atoms with Gasteiger partial charge in [0.25, 0.3) is 0 Å². The molecule has 1 unspecified atom stereocenters. The van der Waals surface area contributed by atoms with Crippen LogP contribution in [0.1, 0.15) is 22.2 Å². The summed E-state index contributed by atoms with van der Waals surface area (Å²) in [6, 6.07) is 9.72. The van der Waals surface area contributed by atoms with Crippen LogP contribution in [0.25, 0.3) is 21.0 Å². The molecule has 1 aliphatic heterocycles. The number of aromatic amines is 1. The van der Waals surface area contributed by atoms with Gasteiger partial charge in [0.1, 0.15) is 27.8 Å². The minimum atomic E-state index is -2.32. The molecular weight excluding hydrogens is 523 g/mol. The highest BCUT2D eigenvalue weighted by Crippen LogP contribution is 2.84. The third-order valence-corrected chi connectivity index (χ3v) is 11.3. The molecule has 1 atom stereocenters. The van der Waals surface area contributed by atoms with Crippen LogP contribution in [0.4, 0.5) is 0 Å². The number of aromatic nitrogens is 7. The molecule has 0 saturated heterocycles. The maximum absolute atomic E-state index is 6.10. The number of hydrogen-bond donors (Lipinski definition) is 1. The summed E-state index contributed by atoms with van der Waals surface area (Å²) >= 11 is 4.24. The normalized spacial score (nSPS) is 20.0. The third kappa shape index (κ3) is 2.99. The first kappa shape index (κ1) is 20.7. The Bertz CT molecular complexity index is 1490. The summed E-state index contributed by atoms with van der Waals surface area (Å²) < 4.78 is 20.5. The van der Waals surface area contributed by atoms with Crippen molar-refractivity contribution in [3.05, 3.63) is 93.5 Å². The topological polar surface area (TPSA) is 119 Å². The van der Waals surface area contributed by atoms with Crippen molar-refractivity contribution in [2.24, 2.45) is 0 Å². The van der Waals surface area contributed by atoms with E-state index in [9.17, 15) is 0 Å². The van der Waals surface area contributed by atoms with Gasteiger partial charge in [0.05, 0.1) is 26.8 Å². The Balaban J connectivity index is 1.74. The summed E-state index contributed by atoms with van der Waals surface area (Å²) in [4.78, 5) is 6.67. The van der Waals surface area contributed by atoms with Crippen molar-refractivity contribution in [1.82, 2.24) is 34.3 Å². The molecule has 0 spiro atoms. The number of furan rings is 1.